The van der Waals surface area contributed by atoms with E-state index in [-0.39, 0.29) is 11.9 Å². The Morgan fingerprint density at radius 3 is 2.70 bits per heavy atom. The smallest absolute Gasteiger partial charge is 0.251 e. The maximum Gasteiger partial charge on any atom is 0.251 e. The summed E-state index contributed by atoms with van der Waals surface area (Å²) in [6.07, 6.45) is 4.02. The Hall–Kier alpha value is -1.88. The number of anilines is 1. The summed E-state index contributed by atoms with van der Waals surface area (Å²) >= 11 is 1.63. The first-order valence-electron chi connectivity index (χ1n) is 6.79. The zero-order valence-corrected chi connectivity index (χ0v) is 12.1. The van der Waals surface area contributed by atoms with Crippen LogP contribution < -0.4 is 10.6 Å². The molecule has 1 fully saturated rings. The molecule has 1 unspecified atom stereocenters. The van der Waals surface area contributed by atoms with E-state index in [0.717, 1.165) is 23.5 Å². The highest BCUT2D eigenvalue weighted by Crippen LogP contribution is 2.22. The average Bonchev–Trinajstić information content (AvgIpc) is 3.08. The van der Waals surface area contributed by atoms with Gasteiger partial charge in [0.25, 0.3) is 5.91 Å². The fraction of sp³-hybridized carbons (Fsp3) is 0.333. The van der Waals surface area contributed by atoms with E-state index in [9.17, 15) is 4.79 Å². The third kappa shape index (κ3) is 3.17. The molecule has 0 saturated heterocycles. The lowest BCUT2D eigenvalue weighted by atomic mass is 10.2. The monoisotopic (exact) mass is 287 g/mol. The van der Waals surface area contributed by atoms with Crippen LogP contribution >= 0.6 is 11.3 Å². The van der Waals surface area contributed by atoms with Gasteiger partial charge in [0, 0.05) is 28.9 Å². The molecule has 1 aliphatic carbocycles. The number of hydrogen-bond donors (Lipinski definition) is 2. The van der Waals surface area contributed by atoms with Gasteiger partial charge in [0.1, 0.15) is 5.01 Å². The molecule has 2 aromatic rings. The van der Waals surface area contributed by atoms with E-state index < -0.39 is 0 Å². The summed E-state index contributed by atoms with van der Waals surface area (Å²) < 4.78 is 0. The normalized spacial score (nSPS) is 15.7. The Balaban J connectivity index is 1.62. The van der Waals surface area contributed by atoms with Crippen LogP contribution in [-0.2, 0) is 0 Å². The van der Waals surface area contributed by atoms with Crippen molar-refractivity contribution in [3.05, 3.63) is 46.4 Å². The zero-order valence-electron chi connectivity index (χ0n) is 11.3. The molecule has 104 valence electrons. The maximum absolute atomic E-state index is 11.9. The molecule has 5 heteroatoms. The quantitative estimate of drug-likeness (QED) is 0.888. The summed E-state index contributed by atoms with van der Waals surface area (Å²) in [5.74, 6) is 0.0204. The summed E-state index contributed by atoms with van der Waals surface area (Å²) in [5.41, 5.74) is 1.71. The van der Waals surface area contributed by atoms with Gasteiger partial charge in [0.2, 0.25) is 0 Å². The van der Waals surface area contributed by atoms with Crippen molar-refractivity contribution in [3.63, 3.8) is 0 Å². The molecule has 1 heterocycles. The Labute approximate surface area is 122 Å². The number of aromatic nitrogens is 1. The predicted molar refractivity (Wildman–Crippen MR) is 81.1 cm³/mol. The maximum atomic E-state index is 11.9. The van der Waals surface area contributed by atoms with Gasteiger partial charge in [-0.1, -0.05) is 0 Å². The van der Waals surface area contributed by atoms with Crippen molar-refractivity contribution in [2.75, 3.05) is 5.32 Å². The molecule has 1 aliphatic rings. The van der Waals surface area contributed by atoms with Crippen LogP contribution in [0.1, 0.15) is 41.2 Å². The highest BCUT2D eigenvalue weighted by Gasteiger charge is 2.23. The fourth-order valence-corrected chi connectivity index (χ4v) is 2.62. The molecule has 0 radical (unpaired) electrons. The number of rotatable bonds is 5. The highest BCUT2D eigenvalue weighted by molar-refractivity contribution is 7.09. The lowest BCUT2D eigenvalue weighted by Gasteiger charge is -2.13. The van der Waals surface area contributed by atoms with Crippen molar-refractivity contribution in [1.82, 2.24) is 10.3 Å². The first-order valence-corrected chi connectivity index (χ1v) is 7.67. The number of nitrogens with zero attached hydrogens (tertiary/aromatic N) is 1. The van der Waals surface area contributed by atoms with Gasteiger partial charge < -0.3 is 10.6 Å². The van der Waals surface area contributed by atoms with Crippen LogP contribution in [0.4, 0.5) is 5.69 Å². The van der Waals surface area contributed by atoms with Crippen LogP contribution in [0.5, 0.6) is 0 Å². The molecule has 3 rings (SSSR count). The molecule has 1 amide bonds. The molecule has 2 N–H and O–H groups in total. The first kappa shape index (κ1) is 13.1. The molecule has 1 aromatic heterocycles. The molecule has 0 aliphatic heterocycles. The lowest BCUT2D eigenvalue weighted by molar-refractivity contribution is 0.0951. The number of nitrogens with one attached hydrogen (secondary N) is 2. The molecule has 0 bridgehead atoms. The van der Waals surface area contributed by atoms with Crippen molar-refractivity contribution in [3.8, 4) is 0 Å². The summed E-state index contributed by atoms with van der Waals surface area (Å²) in [6, 6.07) is 8.15. The van der Waals surface area contributed by atoms with Gasteiger partial charge >= 0.3 is 0 Å². The van der Waals surface area contributed by atoms with Gasteiger partial charge in [-0.15, -0.1) is 11.3 Å². The summed E-state index contributed by atoms with van der Waals surface area (Å²) in [5, 5.41) is 9.39. The molecule has 1 atom stereocenters. The zero-order chi connectivity index (χ0) is 13.9. The fourth-order valence-electron chi connectivity index (χ4n) is 1.97. The van der Waals surface area contributed by atoms with Crippen LogP contribution in [-0.4, -0.2) is 16.9 Å². The Bertz CT molecular complexity index is 576. The third-order valence-electron chi connectivity index (χ3n) is 3.26. The number of benzene rings is 1. The largest absolute Gasteiger partial charge is 0.376 e. The molecule has 1 aromatic carbocycles. The Morgan fingerprint density at radius 1 is 1.35 bits per heavy atom. The second-order valence-corrected chi connectivity index (χ2v) is 5.99. The predicted octanol–water partition coefficient (Wildman–Crippen LogP) is 3.21. The SMILES string of the molecule is CC(Nc1ccc(C(=O)NC2CC2)cc1)c1nccs1. The van der Waals surface area contributed by atoms with Gasteiger partial charge in [-0.25, -0.2) is 4.98 Å². The molecular weight excluding hydrogens is 270 g/mol. The van der Waals surface area contributed by atoms with Gasteiger partial charge in [-0.3, -0.25) is 4.79 Å². The Morgan fingerprint density at radius 2 is 2.10 bits per heavy atom. The first-order chi connectivity index (χ1) is 9.72. The summed E-state index contributed by atoms with van der Waals surface area (Å²) in [6.45, 7) is 2.08. The van der Waals surface area contributed by atoms with E-state index in [4.69, 9.17) is 0 Å². The van der Waals surface area contributed by atoms with Crippen LogP contribution in [0, 0.1) is 0 Å². The van der Waals surface area contributed by atoms with Gasteiger partial charge in [0.15, 0.2) is 0 Å². The van der Waals surface area contributed by atoms with Crippen LogP contribution in [0.2, 0.25) is 0 Å². The highest BCUT2D eigenvalue weighted by atomic mass is 32.1. The Kier molecular flexibility index (Phi) is 3.69. The van der Waals surface area contributed by atoms with Crippen LogP contribution in [0.25, 0.3) is 0 Å². The minimum absolute atomic E-state index is 0.0204. The molecule has 4 nitrogen and oxygen atoms in total. The van der Waals surface area contributed by atoms with Crippen molar-refractivity contribution >= 4 is 22.9 Å². The van der Waals surface area contributed by atoms with E-state index in [0.29, 0.717) is 11.6 Å². The minimum atomic E-state index is 0.0204. The third-order valence-corrected chi connectivity index (χ3v) is 4.22. The van der Waals surface area contributed by atoms with Gasteiger partial charge in [-0.2, -0.15) is 0 Å². The van der Waals surface area contributed by atoms with Gasteiger partial charge in [0.05, 0.1) is 6.04 Å². The van der Waals surface area contributed by atoms with Crippen molar-refractivity contribution in [2.24, 2.45) is 0 Å². The summed E-state index contributed by atoms with van der Waals surface area (Å²) in [4.78, 5) is 16.2. The van der Waals surface area contributed by atoms with E-state index >= 15 is 0 Å². The van der Waals surface area contributed by atoms with Crippen molar-refractivity contribution in [1.29, 1.82) is 0 Å². The van der Waals surface area contributed by atoms with E-state index in [1.165, 1.54) is 0 Å². The molecule has 1 saturated carbocycles. The molecule has 20 heavy (non-hydrogen) atoms. The van der Waals surface area contributed by atoms with E-state index in [1.807, 2.05) is 35.8 Å². The average molecular weight is 287 g/mol. The second kappa shape index (κ2) is 5.63. The number of hydrogen-bond acceptors (Lipinski definition) is 4. The van der Waals surface area contributed by atoms with Crippen LogP contribution in [0.15, 0.2) is 35.8 Å². The minimum Gasteiger partial charge on any atom is -0.376 e. The van der Waals surface area contributed by atoms with E-state index in [1.54, 1.807) is 11.3 Å². The van der Waals surface area contributed by atoms with E-state index in [2.05, 4.69) is 22.5 Å². The number of amides is 1. The van der Waals surface area contributed by atoms with Crippen molar-refractivity contribution in [2.45, 2.75) is 31.8 Å². The topological polar surface area (TPSA) is 54.0 Å². The van der Waals surface area contributed by atoms with Gasteiger partial charge in [-0.05, 0) is 44.0 Å². The number of carbonyl (C=O) groups is 1. The standard InChI is InChI=1S/C15H17N3OS/c1-10(15-16-8-9-20-15)17-12-4-2-11(3-5-12)14(19)18-13-6-7-13/h2-5,8-10,13,17H,6-7H2,1H3,(H,18,19). The van der Waals surface area contributed by atoms with Crippen LogP contribution in [0.3, 0.4) is 0 Å². The number of thiazole rings is 1. The van der Waals surface area contributed by atoms with Crippen molar-refractivity contribution < 1.29 is 4.79 Å². The lowest BCUT2D eigenvalue weighted by Crippen LogP contribution is -2.25. The second-order valence-electron chi connectivity index (χ2n) is 5.06. The molecule has 0 spiro atoms. The molecular formula is C15H17N3OS. The summed E-state index contributed by atoms with van der Waals surface area (Å²) in [7, 11) is 0. The number of carbonyl (C=O) groups excluding carboxylic acids is 1.